The van der Waals surface area contributed by atoms with Crippen molar-refractivity contribution in [2.75, 3.05) is 0 Å². The molecule has 0 saturated heterocycles. The Hall–Kier alpha value is -2.41. The van der Waals surface area contributed by atoms with Crippen LogP contribution >= 0.6 is 11.3 Å². The molecule has 3 aromatic heterocycles. The van der Waals surface area contributed by atoms with Crippen molar-refractivity contribution >= 4 is 22.9 Å². The molecule has 27 heavy (non-hydrogen) atoms. The Morgan fingerprint density at radius 1 is 1.33 bits per heavy atom. The quantitative estimate of drug-likeness (QED) is 0.652. The Kier molecular flexibility index (Phi) is 5.79. The summed E-state index contributed by atoms with van der Waals surface area (Å²) < 4.78 is 1.65. The van der Waals surface area contributed by atoms with Crippen molar-refractivity contribution in [2.24, 2.45) is 5.92 Å². The van der Waals surface area contributed by atoms with Gasteiger partial charge in [-0.15, -0.1) is 11.3 Å². The molecule has 0 spiro atoms. The molecule has 1 unspecified atom stereocenters. The van der Waals surface area contributed by atoms with Gasteiger partial charge in [-0.3, -0.25) is 14.7 Å². The van der Waals surface area contributed by atoms with Crippen molar-refractivity contribution < 1.29 is 4.79 Å². The molecule has 0 aliphatic heterocycles. The number of nitrogens with one attached hydrogen (secondary N) is 2. The number of carbonyl (C=O) groups is 1. The normalized spacial score (nSPS) is 12.6. The van der Waals surface area contributed by atoms with Crippen molar-refractivity contribution in [3.8, 4) is 0 Å². The molecule has 3 heterocycles. The highest BCUT2D eigenvalue weighted by Crippen LogP contribution is 2.30. The second kappa shape index (κ2) is 8.08. The first-order chi connectivity index (χ1) is 12.9. The first kappa shape index (κ1) is 19.4. The van der Waals surface area contributed by atoms with Crippen LogP contribution in [0.3, 0.4) is 0 Å². The molecular weight excluding hydrogens is 360 g/mol. The van der Waals surface area contributed by atoms with E-state index in [9.17, 15) is 9.59 Å². The van der Waals surface area contributed by atoms with Gasteiger partial charge in [-0.1, -0.05) is 32.8 Å². The number of aromatic amines is 1. The van der Waals surface area contributed by atoms with Gasteiger partial charge in [0.1, 0.15) is 0 Å². The molecule has 0 bridgehead atoms. The molecule has 1 atom stereocenters. The van der Waals surface area contributed by atoms with E-state index >= 15 is 0 Å². The van der Waals surface area contributed by atoms with Gasteiger partial charge in [0.15, 0.2) is 5.65 Å². The number of hydrogen-bond donors (Lipinski definition) is 2. The monoisotopic (exact) mass is 386 g/mol. The molecule has 0 aliphatic rings. The average molecular weight is 387 g/mol. The molecule has 3 rings (SSSR count). The van der Waals surface area contributed by atoms with Gasteiger partial charge in [0.05, 0.1) is 12.5 Å². The molecule has 6 nitrogen and oxygen atoms in total. The third kappa shape index (κ3) is 3.98. The zero-order valence-electron chi connectivity index (χ0n) is 16.2. The Balaban J connectivity index is 1.86. The molecule has 0 aromatic carbocycles. The number of aromatic nitrogens is 3. The summed E-state index contributed by atoms with van der Waals surface area (Å²) in [4.78, 5) is 30.1. The number of amides is 1. The number of aryl methyl sites for hydroxylation is 2. The minimum Gasteiger partial charge on any atom is -0.348 e. The van der Waals surface area contributed by atoms with E-state index in [0.717, 1.165) is 29.8 Å². The number of carbonyl (C=O) groups excluding carboxylic acids is 1. The maximum Gasteiger partial charge on any atom is 0.266 e. The molecule has 3 aromatic rings. The first-order valence-corrected chi connectivity index (χ1v) is 10.2. The first-order valence-electron chi connectivity index (χ1n) is 9.35. The van der Waals surface area contributed by atoms with Gasteiger partial charge < -0.3 is 5.32 Å². The molecule has 7 heteroatoms. The van der Waals surface area contributed by atoms with Crippen LogP contribution in [0.15, 0.2) is 28.4 Å². The maximum atomic E-state index is 12.9. The van der Waals surface area contributed by atoms with E-state index in [2.05, 4.69) is 35.3 Å². The number of H-pyrrole nitrogens is 1. The number of rotatable bonds is 7. The second-order valence-electron chi connectivity index (χ2n) is 6.89. The molecule has 0 fully saturated rings. The molecule has 0 aliphatic carbocycles. The predicted molar refractivity (Wildman–Crippen MR) is 108 cm³/mol. The molecular formula is C20H26N4O2S. The van der Waals surface area contributed by atoms with Crippen molar-refractivity contribution in [3.63, 3.8) is 0 Å². The lowest BCUT2D eigenvalue weighted by Crippen LogP contribution is -2.34. The topological polar surface area (TPSA) is 79.3 Å². The Morgan fingerprint density at radius 3 is 2.70 bits per heavy atom. The Labute approximate surface area is 162 Å². The van der Waals surface area contributed by atoms with Gasteiger partial charge in [0.25, 0.3) is 5.56 Å². The molecule has 0 saturated carbocycles. The molecule has 2 N–H and O–H groups in total. The Morgan fingerprint density at radius 2 is 2.07 bits per heavy atom. The average Bonchev–Trinajstić information content (AvgIpc) is 3.28. The van der Waals surface area contributed by atoms with Crippen molar-refractivity contribution in [2.45, 2.75) is 53.0 Å². The van der Waals surface area contributed by atoms with Gasteiger partial charge in [-0.05, 0) is 31.2 Å². The fourth-order valence-electron chi connectivity index (χ4n) is 3.65. The summed E-state index contributed by atoms with van der Waals surface area (Å²) >= 11 is 1.68. The van der Waals surface area contributed by atoms with Crippen LogP contribution in [0.2, 0.25) is 0 Å². The minimum absolute atomic E-state index is 0.0242. The van der Waals surface area contributed by atoms with Crippen LogP contribution in [0.4, 0.5) is 0 Å². The van der Waals surface area contributed by atoms with Crippen LogP contribution in [-0.4, -0.2) is 20.5 Å². The third-order valence-electron chi connectivity index (χ3n) is 5.23. The lowest BCUT2D eigenvalue weighted by Gasteiger charge is -2.26. The highest BCUT2D eigenvalue weighted by atomic mass is 32.1. The smallest absolute Gasteiger partial charge is 0.266 e. The van der Waals surface area contributed by atoms with E-state index in [1.54, 1.807) is 15.9 Å². The number of fused-ring (bicyclic) bond motifs is 1. The van der Waals surface area contributed by atoms with Crippen molar-refractivity contribution in [3.05, 3.63) is 55.8 Å². The van der Waals surface area contributed by atoms with Gasteiger partial charge in [0.2, 0.25) is 5.91 Å². The second-order valence-corrected chi connectivity index (χ2v) is 7.87. The lowest BCUT2D eigenvalue weighted by atomic mass is 9.92. The summed E-state index contributed by atoms with van der Waals surface area (Å²) in [6.07, 6.45) is 2.26. The van der Waals surface area contributed by atoms with Crippen LogP contribution in [-0.2, 0) is 11.2 Å². The van der Waals surface area contributed by atoms with Gasteiger partial charge in [-0.2, -0.15) is 0 Å². The molecule has 0 radical (unpaired) electrons. The van der Waals surface area contributed by atoms with Gasteiger partial charge >= 0.3 is 0 Å². The highest BCUT2D eigenvalue weighted by molar-refractivity contribution is 7.10. The summed E-state index contributed by atoms with van der Waals surface area (Å²) in [6, 6.07) is 5.60. The fraction of sp³-hybridized carbons (Fsp3) is 0.450. The standard InChI is InChI=1S/C20H26N4O2S/c1-5-14(6-2)20(16-8-7-9-27-16)22-18(25)10-15-12(3)21-17-11-19(26)23-24(17)13(15)4/h7-9,11,14,20H,5-6,10H2,1-4H3,(H,22,25)(H,23,26). The minimum atomic E-state index is -0.196. The molecule has 1 amide bonds. The Bertz CT molecular complexity index is 983. The largest absolute Gasteiger partial charge is 0.348 e. The third-order valence-corrected chi connectivity index (χ3v) is 6.18. The van der Waals surface area contributed by atoms with Crippen LogP contribution < -0.4 is 10.9 Å². The van der Waals surface area contributed by atoms with Crippen molar-refractivity contribution in [1.29, 1.82) is 0 Å². The highest BCUT2D eigenvalue weighted by Gasteiger charge is 2.24. The van der Waals surface area contributed by atoms with Gasteiger partial charge in [0, 0.05) is 27.9 Å². The number of thiophene rings is 1. The summed E-state index contributed by atoms with van der Waals surface area (Å²) in [6.45, 7) is 8.10. The lowest BCUT2D eigenvalue weighted by molar-refractivity contribution is -0.121. The van der Waals surface area contributed by atoms with Crippen LogP contribution in [0.5, 0.6) is 0 Å². The molecule has 144 valence electrons. The fourth-order valence-corrected chi connectivity index (χ4v) is 4.52. The van der Waals surface area contributed by atoms with E-state index in [4.69, 9.17) is 0 Å². The zero-order valence-corrected chi connectivity index (χ0v) is 17.0. The summed E-state index contributed by atoms with van der Waals surface area (Å²) in [5.41, 5.74) is 2.84. The van der Waals surface area contributed by atoms with E-state index < -0.39 is 0 Å². The van der Waals surface area contributed by atoms with Crippen LogP contribution in [0, 0.1) is 19.8 Å². The van der Waals surface area contributed by atoms with Crippen molar-refractivity contribution in [1.82, 2.24) is 19.9 Å². The van der Waals surface area contributed by atoms with E-state index in [1.807, 2.05) is 25.3 Å². The summed E-state index contributed by atoms with van der Waals surface area (Å²) in [7, 11) is 0. The number of hydrogen-bond acceptors (Lipinski definition) is 4. The van der Waals surface area contributed by atoms with Crippen LogP contribution in [0.1, 0.15) is 54.6 Å². The van der Waals surface area contributed by atoms with E-state index in [1.165, 1.54) is 10.9 Å². The van der Waals surface area contributed by atoms with E-state index in [0.29, 0.717) is 11.6 Å². The maximum absolute atomic E-state index is 12.9. The zero-order chi connectivity index (χ0) is 19.6. The summed E-state index contributed by atoms with van der Waals surface area (Å²) in [5, 5.41) is 8.02. The SMILES string of the molecule is CCC(CC)C(NC(=O)Cc1c(C)nc2cc(=O)[nH]n2c1C)c1cccs1. The summed E-state index contributed by atoms with van der Waals surface area (Å²) in [5.74, 6) is 0.373. The van der Waals surface area contributed by atoms with E-state index in [-0.39, 0.29) is 23.9 Å². The predicted octanol–water partition coefficient (Wildman–Crippen LogP) is 3.54. The van der Waals surface area contributed by atoms with Crippen LogP contribution in [0.25, 0.3) is 5.65 Å². The number of nitrogens with zero attached hydrogens (tertiary/aromatic N) is 2. The van der Waals surface area contributed by atoms with Gasteiger partial charge in [-0.25, -0.2) is 9.50 Å².